The quantitative estimate of drug-likeness (QED) is 0.859. The molecule has 0 atom stereocenters. The molecule has 0 heterocycles. The van der Waals surface area contributed by atoms with E-state index in [1.165, 1.54) is 0 Å². The first-order valence-corrected chi connectivity index (χ1v) is 6.35. The topological polar surface area (TPSA) is 62.0 Å². The lowest BCUT2D eigenvalue weighted by atomic mass is 10.1. The number of carbonyl (C=O) groups is 1. The minimum atomic E-state index is -0.292. The van der Waals surface area contributed by atoms with Gasteiger partial charge >= 0.3 is 0 Å². The van der Waals surface area contributed by atoms with Crippen molar-refractivity contribution in [3.8, 4) is 5.75 Å². The highest BCUT2D eigenvalue weighted by atomic mass is 16.3. The van der Waals surface area contributed by atoms with E-state index in [1.54, 1.807) is 26.0 Å². The third kappa shape index (κ3) is 3.51. The molecule has 2 aromatic rings. The van der Waals surface area contributed by atoms with Crippen molar-refractivity contribution in [2.45, 2.75) is 20.3 Å². The molecular weight excluding hydrogens is 252 g/mol. The van der Waals surface area contributed by atoms with Crippen LogP contribution in [-0.4, -0.2) is 11.0 Å². The van der Waals surface area contributed by atoms with Gasteiger partial charge in [0.25, 0.3) is 5.91 Å². The van der Waals surface area contributed by atoms with Crippen LogP contribution in [0.5, 0.6) is 5.75 Å². The predicted molar refractivity (Wildman–Crippen MR) is 77.2 cm³/mol. The summed E-state index contributed by atoms with van der Waals surface area (Å²) in [4.78, 5) is 11.7. The molecule has 0 radical (unpaired) electrons. The number of hydrogen-bond donors (Lipinski definition) is 1. The highest BCUT2D eigenvalue weighted by molar-refractivity contribution is 5.79. The van der Waals surface area contributed by atoms with Gasteiger partial charge < -0.3 is 5.11 Å². The highest BCUT2D eigenvalue weighted by Gasteiger charge is 2.04. The van der Waals surface area contributed by atoms with Crippen molar-refractivity contribution < 1.29 is 9.90 Å². The Labute approximate surface area is 117 Å². The van der Waals surface area contributed by atoms with Crippen molar-refractivity contribution in [3.05, 3.63) is 59.2 Å². The number of phenols is 1. The van der Waals surface area contributed by atoms with Crippen molar-refractivity contribution in [3.63, 3.8) is 0 Å². The summed E-state index contributed by atoms with van der Waals surface area (Å²) >= 11 is 0. The molecule has 102 valence electrons. The molecule has 1 N–H and O–H groups in total. The first-order valence-electron chi connectivity index (χ1n) is 6.35. The summed E-state index contributed by atoms with van der Waals surface area (Å²) < 4.78 is 0. The van der Waals surface area contributed by atoms with Gasteiger partial charge in [-0.1, -0.05) is 30.3 Å². The van der Waals surface area contributed by atoms with Gasteiger partial charge in [0, 0.05) is 0 Å². The molecule has 0 fully saturated rings. The zero-order chi connectivity index (χ0) is 14.5. The number of hydrogen-bond acceptors (Lipinski definition) is 3. The van der Waals surface area contributed by atoms with E-state index < -0.39 is 0 Å². The molecule has 4 nitrogen and oxygen atoms in total. The maximum absolute atomic E-state index is 11.7. The van der Waals surface area contributed by atoms with Crippen molar-refractivity contribution in [2.75, 3.05) is 0 Å². The first kappa shape index (κ1) is 13.9. The van der Waals surface area contributed by atoms with E-state index in [0.29, 0.717) is 5.69 Å². The minimum Gasteiger partial charge on any atom is -0.507 e. The Morgan fingerprint density at radius 3 is 2.30 bits per heavy atom. The Hall–Kier alpha value is -2.49. The van der Waals surface area contributed by atoms with Gasteiger partial charge in [-0.3, -0.25) is 4.79 Å². The van der Waals surface area contributed by atoms with Gasteiger partial charge in [-0.05, 0) is 42.7 Å². The lowest BCUT2D eigenvalue weighted by Gasteiger charge is -2.03. The van der Waals surface area contributed by atoms with E-state index in [4.69, 9.17) is 0 Å². The largest absolute Gasteiger partial charge is 0.507 e. The standard InChI is InChI=1S/C16H16N2O2/c1-11-8-14(9-12(2)16(11)20)17-18-15(19)10-13-6-4-3-5-7-13/h3-9,20H,10H2,1-2H3. The van der Waals surface area contributed by atoms with Crippen LogP contribution >= 0.6 is 0 Å². The number of amides is 1. The van der Waals surface area contributed by atoms with Crippen molar-refractivity contribution in [1.82, 2.24) is 0 Å². The Kier molecular flexibility index (Phi) is 4.25. The Morgan fingerprint density at radius 2 is 1.70 bits per heavy atom. The van der Waals surface area contributed by atoms with Crippen LogP contribution < -0.4 is 0 Å². The van der Waals surface area contributed by atoms with Crippen LogP contribution in [-0.2, 0) is 11.2 Å². The second kappa shape index (κ2) is 6.10. The monoisotopic (exact) mass is 268 g/mol. The smallest absolute Gasteiger partial charge is 0.269 e. The second-order valence-corrected chi connectivity index (χ2v) is 4.68. The van der Waals surface area contributed by atoms with Gasteiger partial charge in [0.1, 0.15) is 5.75 Å². The Morgan fingerprint density at radius 1 is 1.10 bits per heavy atom. The van der Waals surface area contributed by atoms with Crippen molar-refractivity contribution in [2.24, 2.45) is 10.2 Å². The zero-order valence-electron chi connectivity index (χ0n) is 11.5. The molecule has 0 spiro atoms. The average Bonchev–Trinajstić information content (AvgIpc) is 2.43. The molecule has 0 saturated heterocycles. The van der Waals surface area contributed by atoms with Crippen LogP contribution in [0.25, 0.3) is 0 Å². The maximum atomic E-state index is 11.7. The fraction of sp³-hybridized carbons (Fsp3) is 0.188. The molecule has 0 aliphatic carbocycles. The maximum Gasteiger partial charge on any atom is 0.269 e. The van der Waals surface area contributed by atoms with E-state index in [0.717, 1.165) is 16.7 Å². The fourth-order valence-electron chi connectivity index (χ4n) is 1.91. The van der Waals surface area contributed by atoms with Crippen LogP contribution in [0.2, 0.25) is 0 Å². The van der Waals surface area contributed by atoms with Crippen LogP contribution in [0.3, 0.4) is 0 Å². The molecular formula is C16H16N2O2. The van der Waals surface area contributed by atoms with Gasteiger partial charge in [0.05, 0.1) is 12.1 Å². The summed E-state index contributed by atoms with van der Waals surface area (Å²) in [5.74, 6) is -0.0425. The van der Waals surface area contributed by atoms with Crippen LogP contribution in [0.15, 0.2) is 52.7 Å². The molecule has 2 rings (SSSR count). The predicted octanol–water partition coefficient (Wildman–Crippen LogP) is 3.86. The molecule has 4 heteroatoms. The lowest BCUT2D eigenvalue weighted by molar-refractivity contribution is -0.117. The molecule has 0 saturated carbocycles. The summed E-state index contributed by atoms with van der Waals surface area (Å²) in [7, 11) is 0. The van der Waals surface area contributed by atoms with Crippen LogP contribution in [0, 0.1) is 13.8 Å². The summed E-state index contributed by atoms with van der Waals surface area (Å²) in [5.41, 5.74) is 2.91. The van der Waals surface area contributed by atoms with Gasteiger partial charge in [0.2, 0.25) is 0 Å². The summed E-state index contributed by atoms with van der Waals surface area (Å²) in [6.45, 7) is 3.57. The molecule has 1 amide bonds. The van der Waals surface area contributed by atoms with E-state index in [1.807, 2.05) is 30.3 Å². The zero-order valence-corrected chi connectivity index (χ0v) is 11.5. The van der Waals surface area contributed by atoms with E-state index in [-0.39, 0.29) is 18.1 Å². The number of phenolic OH excluding ortho intramolecular Hbond substituents is 1. The SMILES string of the molecule is Cc1cc(N=NC(=O)Cc2ccccc2)cc(C)c1O. The van der Waals surface area contributed by atoms with Crippen molar-refractivity contribution in [1.29, 1.82) is 0 Å². The van der Waals surface area contributed by atoms with E-state index in [9.17, 15) is 9.90 Å². The number of carbonyl (C=O) groups excluding carboxylic acids is 1. The Balaban J connectivity index is 2.08. The second-order valence-electron chi connectivity index (χ2n) is 4.68. The van der Waals surface area contributed by atoms with Gasteiger partial charge in [-0.25, -0.2) is 0 Å². The number of nitrogens with zero attached hydrogens (tertiary/aromatic N) is 2. The average molecular weight is 268 g/mol. The molecule has 0 bridgehead atoms. The number of azo groups is 1. The highest BCUT2D eigenvalue weighted by Crippen LogP contribution is 2.27. The van der Waals surface area contributed by atoms with E-state index in [2.05, 4.69) is 10.2 Å². The van der Waals surface area contributed by atoms with Crippen LogP contribution in [0.1, 0.15) is 16.7 Å². The molecule has 20 heavy (non-hydrogen) atoms. The molecule has 2 aromatic carbocycles. The fourth-order valence-corrected chi connectivity index (χ4v) is 1.91. The number of aromatic hydroxyl groups is 1. The van der Waals surface area contributed by atoms with Gasteiger partial charge in [0.15, 0.2) is 0 Å². The summed E-state index contributed by atoms with van der Waals surface area (Å²) in [6, 6.07) is 12.8. The molecule has 0 aromatic heterocycles. The van der Waals surface area contributed by atoms with E-state index >= 15 is 0 Å². The van der Waals surface area contributed by atoms with Gasteiger partial charge in [-0.15, -0.1) is 10.2 Å². The molecule has 0 aliphatic heterocycles. The minimum absolute atomic E-state index is 0.236. The third-order valence-electron chi connectivity index (χ3n) is 2.95. The number of benzene rings is 2. The molecule has 0 aliphatic rings. The first-order chi connectivity index (χ1) is 9.56. The Bertz CT molecular complexity index is 626. The van der Waals surface area contributed by atoms with Gasteiger partial charge in [-0.2, -0.15) is 0 Å². The lowest BCUT2D eigenvalue weighted by Crippen LogP contribution is -1.97. The summed E-state index contributed by atoms with van der Waals surface area (Å²) in [6.07, 6.45) is 0.236. The number of rotatable bonds is 3. The molecule has 0 unspecified atom stereocenters. The summed E-state index contributed by atoms with van der Waals surface area (Å²) in [5, 5.41) is 17.3. The number of aryl methyl sites for hydroxylation is 2. The van der Waals surface area contributed by atoms with Crippen molar-refractivity contribution >= 4 is 11.6 Å². The van der Waals surface area contributed by atoms with Crippen LogP contribution in [0.4, 0.5) is 5.69 Å². The normalized spacial score (nSPS) is 10.9. The third-order valence-corrected chi connectivity index (χ3v) is 2.95.